The van der Waals surface area contributed by atoms with Crippen LogP contribution in [0.3, 0.4) is 0 Å². The minimum Gasteiger partial charge on any atom is -0.504 e. The zero-order valence-corrected chi connectivity index (χ0v) is 11.8. The number of hydrogen-bond acceptors (Lipinski definition) is 5. The number of halogens is 1. The largest absolute Gasteiger partial charge is 0.504 e. The van der Waals surface area contributed by atoms with Gasteiger partial charge in [-0.1, -0.05) is 23.7 Å². The van der Waals surface area contributed by atoms with Crippen LogP contribution in [0.5, 0.6) is 5.75 Å². The number of carbonyl (C=O) groups is 1. The third-order valence-electron chi connectivity index (χ3n) is 2.91. The first-order valence-corrected chi connectivity index (χ1v) is 6.55. The number of carboxylic acids is 1. The number of imidazole rings is 1. The summed E-state index contributed by atoms with van der Waals surface area (Å²) in [7, 11) is 0. The van der Waals surface area contributed by atoms with Crippen molar-refractivity contribution >= 4 is 34.7 Å². The second-order valence-corrected chi connectivity index (χ2v) is 4.73. The van der Waals surface area contributed by atoms with Crippen molar-refractivity contribution in [2.75, 3.05) is 0 Å². The number of carboxylic acid groups (broad SMARTS) is 1. The molecule has 2 N–H and O–H groups in total. The van der Waals surface area contributed by atoms with Crippen LogP contribution < -0.4 is 0 Å². The fourth-order valence-electron chi connectivity index (χ4n) is 1.91. The molecule has 0 saturated heterocycles. The van der Waals surface area contributed by atoms with Crippen LogP contribution in [0.1, 0.15) is 10.5 Å². The fourth-order valence-corrected chi connectivity index (χ4v) is 2.09. The first-order valence-electron chi connectivity index (χ1n) is 6.17. The quantitative estimate of drug-likeness (QED) is 0.717. The molecule has 0 fully saturated rings. The molecule has 110 valence electrons. The van der Waals surface area contributed by atoms with E-state index in [1.807, 2.05) is 0 Å². The minimum absolute atomic E-state index is 0.00156. The molecule has 0 radical (unpaired) electrons. The second-order valence-electron chi connectivity index (χ2n) is 4.33. The Morgan fingerprint density at radius 3 is 2.68 bits per heavy atom. The molecule has 7 nitrogen and oxygen atoms in total. The molecule has 8 heteroatoms. The Bertz CT molecular complexity index is 904. The topological polar surface area (TPSA) is 99.5 Å². The maximum absolute atomic E-state index is 11.3. The second kappa shape index (κ2) is 5.45. The predicted octanol–water partition coefficient (Wildman–Crippen LogP) is 3.81. The number of azo groups is 1. The highest BCUT2D eigenvalue weighted by molar-refractivity contribution is 6.32. The van der Waals surface area contributed by atoms with E-state index >= 15 is 0 Å². The van der Waals surface area contributed by atoms with Crippen molar-refractivity contribution in [3.63, 3.8) is 0 Å². The molecule has 0 aliphatic carbocycles. The number of hydrogen-bond donors (Lipinski definition) is 2. The number of fused-ring (bicyclic) bond motifs is 1. The molecule has 2 aromatic heterocycles. The van der Waals surface area contributed by atoms with Crippen LogP contribution in [-0.2, 0) is 0 Å². The molecule has 0 aliphatic rings. The van der Waals surface area contributed by atoms with E-state index in [2.05, 4.69) is 15.2 Å². The smallest absolute Gasteiger partial charge is 0.358 e. The van der Waals surface area contributed by atoms with Crippen molar-refractivity contribution in [3.05, 3.63) is 53.3 Å². The van der Waals surface area contributed by atoms with E-state index in [1.54, 1.807) is 30.3 Å². The highest BCUT2D eigenvalue weighted by atomic mass is 35.5. The average molecular weight is 317 g/mol. The van der Waals surface area contributed by atoms with E-state index in [4.69, 9.17) is 11.6 Å². The summed E-state index contributed by atoms with van der Waals surface area (Å²) in [6.07, 6.45) is 1.54. The normalized spacial score (nSPS) is 11.3. The molecule has 0 amide bonds. The maximum Gasteiger partial charge on any atom is 0.358 e. The molecule has 1 aromatic carbocycles. The van der Waals surface area contributed by atoms with Crippen LogP contribution in [0.2, 0.25) is 5.02 Å². The van der Waals surface area contributed by atoms with Crippen LogP contribution in [0.4, 0.5) is 11.5 Å². The lowest BCUT2D eigenvalue weighted by Gasteiger charge is -1.98. The molecular weight excluding hydrogens is 308 g/mol. The molecule has 0 unspecified atom stereocenters. The number of nitrogens with zero attached hydrogens (tertiary/aromatic N) is 4. The van der Waals surface area contributed by atoms with Gasteiger partial charge in [-0.2, -0.15) is 0 Å². The van der Waals surface area contributed by atoms with Crippen LogP contribution in [0.25, 0.3) is 5.65 Å². The van der Waals surface area contributed by atoms with E-state index in [0.29, 0.717) is 10.7 Å². The van der Waals surface area contributed by atoms with Gasteiger partial charge in [0.25, 0.3) is 0 Å². The Balaban J connectivity index is 2.17. The Labute approximate surface area is 129 Å². The lowest BCUT2D eigenvalue weighted by atomic mass is 10.3. The first-order chi connectivity index (χ1) is 10.6. The van der Waals surface area contributed by atoms with Gasteiger partial charge in [-0.3, -0.25) is 4.40 Å². The summed E-state index contributed by atoms with van der Waals surface area (Å²) in [5.41, 5.74) is 0.181. The standard InChI is InChI=1S/C14H9ClN4O3/c15-8-4-1-2-5-9(8)17-18-13-11(14(21)22)16-12-10(20)6-3-7-19(12)13/h1-7,20H,(H,21,22). The van der Waals surface area contributed by atoms with Gasteiger partial charge < -0.3 is 10.2 Å². The lowest BCUT2D eigenvalue weighted by Crippen LogP contribution is -1.96. The molecule has 0 atom stereocenters. The van der Waals surface area contributed by atoms with Crippen molar-refractivity contribution in [2.24, 2.45) is 10.2 Å². The summed E-state index contributed by atoms with van der Waals surface area (Å²) < 4.78 is 1.35. The lowest BCUT2D eigenvalue weighted by molar-refractivity contribution is 0.0692. The van der Waals surface area contributed by atoms with Gasteiger partial charge in [0, 0.05) is 6.20 Å². The summed E-state index contributed by atoms with van der Waals surface area (Å²) in [5, 5.41) is 27.3. The van der Waals surface area contributed by atoms with Crippen molar-refractivity contribution in [3.8, 4) is 5.75 Å². The number of aromatic hydroxyl groups is 1. The number of pyridine rings is 1. The van der Waals surface area contributed by atoms with Crippen molar-refractivity contribution in [1.29, 1.82) is 0 Å². The zero-order chi connectivity index (χ0) is 15.7. The van der Waals surface area contributed by atoms with E-state index in [9.17, 15) is 15.0 Å². The van der Waals surface area contributed by atoms with Crippen molar-refractivity contribution in [1.82, 2.24) is 9.38 Å². The van der Waals surface area contributed by atoms with Crippen LogP contribution >= 0.6 is 11.6 Å². The predicted molar refractivity (Wildman–Crippen MR) is 79.4 cm³/mol. The number of rotatable bonds is 3. The van der Waals surface area contributed by atoms with Crippen molar-refractivity contribution in [2.45, 2.75) is 0 Å². The van der Waals surface area contributed by atoms with Gasteiger partial charge in [0.15, 0.2) is 22.9 Å². The van der Waals surface area contributed by atoms with Gasteiger partial charge in [0.05, 0.1) is 5.02 Å². The van der Waals surface area contributed by atoms with Crippen LogP contribution in [0, 0.1) is 0 Å². The molecule has 0 bridgehead atoms. The highest BCUT2D eigenvalue weighted by Crippen LogP contribution is 2.30. The fraction of sp³-hybridized carbons (Fsp3) is 0. The van der Waals surface area contributed by atoms with Gasteiger partial charge in [0.2, 0.25) is 0 Å². The summed E-state index contributed by atoms with van der Waals surface area (Å²) in [4.78, 5) is 15.2. The molecule has 2 heterocycles. The van der Waals surface area contributed by atoms with Crippen LogP contribution in [0.15, 0.2) is 52.8 Å². The van der Waals surface area contributed by atoms with Gasteiger partial charge in [-0.05, 0) is 24.3 Å². The first kappa shape index (κ1) is 14.0. The monoisotopic (exact) mass is 316 g/mol. The third kappa shape index (κ3) is 2.38. The highest BCUT2D eigenvalue weighted by Gasteiger charge is 2.20. The zero-order valence-electron chi connectivity index (χ0n) is 11.0. The van der Waals surface area contributed by atoms with E-state index < -0.39 is 5.97 Å². The Morgan fingerprint density at radius 1 is 1.18 bits per heavy atom. The third-order valence-corrected chi connectivity index (χ3v) is 3.23. The number of benzene rings is 1. The Morgan fingerprint density at radius 2 is 1.95 bits per heavy atom. The molecule has 0 saturated carbocycles. The molecule has 0 spiro atoms. The molecule has 0 aliphatic heterocycles. The van der Waals surface area contributed by atoms with Gasteiger partial charge in [0.1, 0.15) is 5.69 Å². The van der Waals surface area contributed by atoms with Gasteiger partial charge >= 0.3 is 5.97 Å². The molecular formula is C14H9ClN4O3. The maximum atomic E-state index is 11.3. The van der Waals surface area contributed by atoms with Gasteiger partial charge in [-0.25, -0.2) is 9.78 Å². The Hall–Kier alpha value is -2.93. The number of aromatic nitrogens is 2. The van der Waals surface area contributed by atoms with Crippen molar-refractivity contribution < 1.29 is 15.0 Å². The van der Waals surface area contributed by atoms with E-state index in [-0.39, 0.29) is 22.9 Å². The summed E-state index contributed by atoms with van der Waals surface area (Å²) >= 11 is 5.98. The van der Waals surface area contributed by atoms with Crippen LogP contribution in [-0.4, -0.2) is 25.6 Å². The summed E-state index contributed by atoms with van der Waals surface area (Å²) in [5.74, 6) is -1.42. The number of aromatic carboxylic acids is 1. The Kier molecular flexibility index (Phi) is 3.48. The summed E-state index contributed by atoms with van der Waals surface area (Å²) in [6, 6.07) is 9.73. The molecule has 3 aromatic rings. The SMILES string of the molecule is O=C(O)c1nc2c(O)cccn2c1N=Nc1ccccc1Cl. The van der Waals surface area contributed by atoms with E-state index in [0.717, 1.165) is 0 Å². The molecule has 22 heavy (non-hydrogen) atoms. The molecule has 3 rings (SSSR count). The van der Waals surface area contributed by atoms with Gasteiger partial charge in [-0.15, -0.1) is 10.2 Å². The average Bonchev–Trinajstić information content (AvgIpc) is 2.87. The summed E-state index contributed by atoms with van der Waals surface area (Å²) in [6.45, 7) is 0. The van der Waals surface area contributed by atoms with E-state index in [1.165, 1.54) is 16.7 Å². The minimum atomic E-state index is -1.27.